The highest BCUT2D eigenvalue weighted by Gasteiger charge is 2.30. The Morgan fingerprint density at radius 2 is 1.41 bits per heavy atom. The standard InChI is InChI=1S/C14H13BNO/c1-3-7-11(8-4-1)13-14(17-15-16-13)12-9-5-2-6-10-12/h1-10,13-14,16H/t13-,14-/m1/s1. The molecule has 1 saturated heterocycles. The van der Waals surface area contributed by atoms with E-state index in [0.717, 1.165) is 0 Å². The van der Waals surface area contributed by atoms with Crippen LogP contribution in [0.4, 0.5) is 0 Å². The molecule has 0 bridgehead atoms. The molecule has 1 aliphatic rings. The quantitative estimate of drug-likeness (QED) is 0.788. The lowest BCUT2D eigenvalue weighted by Gasteiger charge is -2.20. The number of rotatable bonds is 2. The predicted octanol–water partition coefficient (Wildman–Crippen LogP) is 2.62. The summed E-state index contributed by atoms with van der Waals surface area (Å²) >= 11 is 0. The molecule has 0 aliphatic carbocycles. The molecule has 83 valence electrons. The Hall–Kier alpha value is -1.58. The SMILES string of the molecule is [B]1N[C@H](c2ccccc2)[C@@H](c2ccccc2)O1. The number of hydrogen-bond acceptors (Lipinski definition) is 2. The summed E-state index contributed by atoms with van der Waals surface area (Å²) in [6, 6.07) is 20.9. The van der Waals surface area contributed by atoms with E-state index in [1.165, 1.54) is 11.1 Å². The molecule has 0 amide bonds. The Labute approximate surface area is 102 Å². The fraction of sp³-hybridized carbons (Fsp3) is 0.143. The van der Waals surface area contributed by atoms with Crippen LogP contribution in [-0.2, 0) is 4.65 Å². The van der Waals surface area contributed by atoms with E-state index in [1.54, 1.807) is 7.62 Å². The summed E-state index contributed by atoms with van der Waals surface area (Å²) in [5.41, 5.74) is 2.44. The van der Waals surface area contributed by atoms with Crippen LogP contribution in [-0.4, -0.2) is 7.62 Å². The van der Waals surface area contributed by atoms with E-state index in [2.05, 4.69) is 41.6 Å². The zero-order valence-corrected chi connectivity index (χ0v) is 9.41. The highest BCUT2D eigenvalue weighted by atomic mass is 16.5. The van der Waals surface area contributed by atoms with Crippen LogP contribution in [0.15, 0.2) is 60.7 Å². The zero-order valence-electron chi connectivity index (χ0n) is 9.41. The molecule has 1 fully saturated rings. The van der Waals surface area contributed by atoms with Crippen LogP contribution in [0, 0.1) is 0 Å². The molecule has 3 heteroatoms. The van der Waals surface area contributed by atoms with Crippen LogP contribution in [0.2, 0.25) is 0 Å². The Morgan fingerprint density at radius 3 is 2.06 bits per heavy atom. The zero-order chi connectivity index (χ0) is 11.5. The molecular formula is C14H13BNO. The summed E-state index contributed by atoms with van der Waals surface area (Å²) in [5.74, 6) is 0. The molecule has 2 atom stereocenters. The van der Waals surface area contributed by atoms with Crippen molar-refractivity contribution in [1.29, 1.82) is 0 Å². The Balaban J connectivity index is 1.91. The fourth-order valence-corrected chi connectivity index (χ4v) is 2.20. The molecule has 1 heterocycles. The number of hydrogen-bond donors (Lipinski definition) is 1. The smallest absolute Gasteiger partial charge is 0.396 e. The van der Waals surface area contributed by atoms with Crippen LogP contribution in [0.5, 0.6) is 0 Å². The van der Waals surface area contributed by atoms with Gasteiger partial charge in [0.25, 0.3) is 0 Å². The molecule has 3 rings (SSSR count). The van der Waals surface area contributed by atoms with Gasteiger partial charge >= 0.3 is 7.62 Å². The van der Waals surface area contributed by atoms with E-state index in [9.17, 15) is 0 Å². The van der Waals surface area contributed by atoms with Gasteiger partial charge in [-0.05, 0) is 11.1 Å². The van der Waals surface area contributed by atoms with Crippen molar-refractivity contribution in [1.82, 2.24) is 5.23 Å². The van der Waals surface area contributed by atoms with Gasteiger partial charge < -0.3 is 9.88 Å². The highest BCUT2D eigenvalue weighted by Crippen LogP contribution is 2.34. The summed E-state index contributed by atoms with van der Waals surface area (Å²) in [4.78, 5) is 0. The molecule has 2 aromatic rings. The van der Waals surface area contributed by atoms with Gasteiger partial charge in [-0.3, -0.25) is 0 Å². The lowest BCUT2D eigenvalue weighted by molar-refractivity contribution is 0.222. The second-order valence-corrected chi connectivity index (χ2v) is 4.14. The van der Waals surface area contributed by atoms with Gasteiger partial charge in [0.05, 0.1) is 12.1 Å². The van der Waals surface area contributed by atoms with Gasteiger partial charge in [0.1, 0.15) is 0 Å². The number of nitrogens with one attached hydrogen (secondary N) is 1. The minimum Gasteiger partial charge on any atom is -0.415 e. The summed E-state index contributed by atoms with van der Waals surface area (Å²) in [7, 11) is 1.69. The first kappa shape index (κ1) is 10.6. The normalized spacial score (nSPS) is 23.3. The van der Waals surface area contributed by atoms with Crippen molar-refractivity contribution < 1.29 is 4.65 Å². The van der Waals surface area contributed by atoms with Crippen LogP contribution in [0.1, 0.15) is 23.3 Å². The first-order valence-corrected chi connectivity index (χ1v) is 5.78. The predicted molar refractivity (Wildman–Crippen MR) is 68.3 cm³/mol. The topological polar surface area (TPSA) is 21.3 Å². The van der Waals surface area contributed by atoms with Gasteiger partial charge in [-0.25, -0.2) is 0 Å². The molecule has 1 aliphatic heterocycles. The third kappa shape index (κ3) is 2.12. The first-order chi connectivity index (χ1) is 8.45. The second-order valence-electron chi connectivity index (χ2n) is 4.14. The van der Waals surface area contributed by atoms with Crippen LogP contribution in [0.3, 0.4) is 0 Å². The molecule has 0 aromatic heterocycles. The molecule has 2 aromatic carbocycles. The molecule has 1 N–H and O–H groups in total. The molecule has 1 radical (unpaired) electrons. The van der Waals surface area contributed by atoms with Crippen molar-refractivity contribution in [2.24, 2.45) is 0 Å². The van der Waals surface area contributed by atoms with Crippen molar-refractivity contribution in [3.63, 3.8) is 0 Å². The average Bonchev–Trinajstić information content (AvgIpc) is 2.90. The second kappa shape index (κ2) is 4.74. The van der Waals surface area contributed by atoms with Gasteiger partial charge in [-0.15, -0.1) is 0 Å². The molecule has 17 heavy (non-hydrogen) atoms. The van der Waals surface area contributed by atoms with Crippen LogP contribution in [0.25, 0.3) is 0 Å². The molecule has 0 spiro atoms. The highest BCUT2D eigenvalue weighted by molar-refractivity contribution is 6.24. The fourth-order valence-electron chi connectivity index (χ4n) is 2.20. The summed E-state index contributed by atoms with van der Waals surface area (Å²) < 4.78 is 5.67. The summed E-state index contributed by atoms with van der Waals surface area (Å²) in [6.07, 6.45) is 0.0543. The third-order valence-corrected chi connectivity index (χ3v) is 3.05. The van der Waals surface area contributed by atoms with Gasteiger partial charge in [-0.2, -0.15) is 0 Å². The van der Waals surface area contributed by atoms with Gasteiger partial charge in [-0.1, -0.05) is 60.7 Å². The van der Waals surface area contributed by atoms with Crippen LogP contribution < -0.4 is 5.23 Å². The monoisotopic (exact) mass is 222 g/mol. The Bertz CT molecular complexity index is 429. The average molecular weight is 222 g/mol. The molecule has 0 unspecified atom stereocenters. The van der Waals surface area contributed by atoms with E-state index in [1.807, 2.05) is 24.3 Å². The van der Waals surface area contributed by atoms with E-state index >= 15 is 0 Å². The van der Waals surface area contributed by atoms with E-state index in [0.29, 0.717) is 0 Å². The first-order valence-electron chi connectivity index (χ1n) is 5.78. The largest absolute Gasteiger partial charge is 0.415 e. The van der Waals surface area contributed by atoms with E-state index < -0.39 is 0 Å². The molecule has 0 saturated carbocycles. The van der Waals surface area contributed by atoms with Crippen molar-refractivity contribution in [2.45, 2.75) is 12.1 Å². The van der Waals surface area contributed by atoms with Gasteiger partial charge in [0, 0.05) is 0 Å². The lowest BCUT2D eigenvalue weighted by Crippen LogP contribution is -2.18. The minimum absolute atomic E-state index is 0.0543. The van der Waals surface area contributed by atoms with Crippen molar-refractivity contribution >= 4 is 7.62 Å². The number of benzene rings is 2. The molecule has 2 nitrogen and oxygen atoms in total. The van der Waals surface area contributed by atoms with Gasteiger partial charge in [0.15, 0.2) is 0 Å². The Kier molecular flexibility index (Phi) is 2.95. The molecular weight excluding hydrogens is 209 g/mol. The van der Waals surface area contributed by atoms with Crippen molar-refractivity contribution in [2.75, 3.05) is 0 Å². The summed E-state index contributed by atoms with van der Waals surface area (Å²) in [5, 5.41) is 3.27. The van der Waals surface area contributed by atoms with E-state index in [4.69, 9.17) is 4.65 Å². The maximum atomic E-state index is 5.67. The Morgan fingerprint density at radius 1 is 0.824 bits per heavy atom. The van der Waals surface area contributed by atoms with Crippen LogP contribution >= 0.6 is 0 Å². The lowest BCUT2D eigenvalue weighted by atomic mass is 9.96. The maximum Gasteiger partial charge on any atom is 0.396 e. The minimum atomic E-state index is 0.0543. The van der Waals surface area contributed by atoms with Gasteiger partial charge in [0.2, 0.25) is 0 Å². The summed E-state index contributed by atoms with van der Waals surface area (Å²) in [6.45, 7) is 0. The van der Waals surface area contributed by atoms with Crippen molar-refractivity contribution in [3.05, 3.63) is 71.8 Å². The third-order valence-electron chi connectivity index (χ3n) is 3.05. The van der Waals surface area contributed by atoms with E-state index in [-0.39, 0.29) is 12.1 Å². The van der Waals surface area contributed by atoms with Crippen molar-refractivity contribution in [3.8, 4) is 0 Å². The maximum absolute atomic E-state index is 5.67.